The van der Waals surface area contributed by atoms with Gasteiger partial charge in [0.2, 0.25) is 10.0 Å². The largest absolute Gasteiger partial charge is 0.493 e. The van der Waals surface area contributed by atoms with Gasteiger partial charge in [0, 0.05) is 5.92 Å². The van der Waals surface area contributed by atoms with Crippen molar-refractivity contribution in [3.8, 4) is 5.75 Å². The van der Waals surface area contributed by atoms with Gasteiger partial charge in [-0.05, 0) is 30.5 Å². The summed E-state index contributed by atoms with van der Waals surface area (Å²) in [4.78, 5) is 0. The summed E-state index contributed by atoms with van der Waals surface area (Å²) >= 11 is 0. The second-order valence-electron chi connectivity index (χ2n) is 4.41. The molecule has 1 unspecified atom stereocenters. The average Bonchev–Trinajstić information content (AvgIpc) is 2.33. The molecule has 0 aromatic heterocycles. The molecule has 0 aliphatic carbocycles. The molecule has 1 rings (SSSR count). The molecule has 0 radical (unpaired) electrons. The van der Waals surface area contributed by atoms with Crippen molar-refractivity contribution < 1.29 is 13.2 Å². The van der Waals surface area contributed by atoms with E-state index in [1.54, 1.807) is 0 Å². The van der Waals surface area contributed by atoms with Crippen LogP contribution in [-0.2, 0) is 16.4 Å². The lowest BCUT2D eigenvalue weighted by molar-refractivity contribution is 0.257. The zero-order valence-corrected chi connectivity index (χ0v) is 11.7. The molecular formula is C13H21NO3S. The van der Waals surface area contributed by atoms with E-state index in [9.17, 15) is 8.42 Å². The van der Waals surface area contributed by atoms with Crippen LogP contribution in [0, 0.1) is 5.92 Å². The molecule has 5 heteroatoms. The van der Waals surface area contributed by atoms with Gasteiger partial charge in [0.1, 0.15) is 5.75 Å². The lowest BCUT2D eigenvalue weighted by Gasteiger charge is -2.14. The molecule has 1 atom stereocenters. The Labute approximate surface area is 109 Å². The van der Waals surface area contributed by atoms with Crippen LogP contribution >= 0.6 is 0 Å². The number of primary sulfonamides is 1. The summed E-state index contributed by atoms with van der Waals surface area (Å²) in [6.45, 7) is 4.40. The Morgan fingerprint density at radius 3 is 2.28 bits per heavy atom. The monoisotopic (exact) mass is 271 g/mol. The summed E-state index contributed by atoms with van der Waals surface area (Å²) in [5, 5.41) is 5.04. The van der Waals surface area contributed by atoms with E-state index < -0.39 is 10.0 Å². The van der Waals surface area contributed by atoms with Crippen molar-refractivity contribution in [1.29, 1.82) is 0 Å². The van der Waals surface area contributed by atoms with Crippen molar-refractivity contribution in [2.24, 2.45) is 11.1 Å². The van der Waals surface area contributed by atoms with E-state index >= 15 is 0 Å². The predicted molar refractivity (Wildman–Crippen MR) is 73.1 cm³/mol. The first kappa shape index (κ1) is 15.0. The highest BCUT2D eigenvalue weighted by Crippen LogP contribution is 2.15. The maximum absolute atomic E-state index is 11.0. The maximum atomic E-state index is 11.0. The van der Waals surface area contributed by atoms with Crippen molar-refractivity contribution in [3.63, 3.8) is 0 Å². The number of hydrogen-bond donors (Lipinski definition) is 1. The molecule has 0 saturated carbocycles. The van der Waals surface area contributed by atoms with Crippen LogP contribution in [0.3, 0.4) is 0 Å². The quantitative estimate of drug-likeness (QED) is 0.824. The predicted octanol–water partition coefficient (Wildman–Crippen LogP) is 1.94. The first-order valence-electron chi connectivity index (χ1n) is 6.16. The van der Waals surface area contributed by atoms with Crippen LogP contribution in [0.2, 0.25) is 0 Å². The Morgan fingerprint density at radius 2 is 1.83 bits per heavy atom. The highest BCUT2D eigenvalue weighted by atomic mass is 32.2. The van der Waals surface area contributed by atoms with Gasteiger partial charge >= 0.3 is 0 Å². The van der Waals surface area contributed by atoms with E-state index in [0.717, 1.165) is 18.6 Å². The number of hydrogen-bond acceptors (Lipinski definition) is 3. The second-order valence-corrected chi connectivity index (χ2v) is 6.07. The molecule has 2 N–H and O–H groups in total. The van der Waals surface area contributed by atoms with Crippen molar-refractivity contribution in [3.05, 3.63) is 29.8 Å². The summed E-state index contributed by atoms with van der Waals surface area (Å²) in [6, 6.07) is 7.83. The third-order valence-corrected chi connectivity index (χ3v) is 3.80. The first-order valence-corrected chi connectivity index (χ1v) is 7.88. The van der Waals surface area contributed by atoms with E-state index in [1.165, 1.54) is 5.56 Å². The summed E-state index contributed by atoms with van der Waals surface area (Å²) < 4.78 is 27.6. The molecular weight excluding hydrogens is 250 g/mol. The number of ether oxygens (including phenoxy) is 1. The minimum Gasteiger partial charge on any atom is -0.493 e. The van der Waals surface area contributed by atoms with Crippen LogP contribution in [0.25, 0.3) is 0 Å². The Hall–Kier alpha value is -1.07. The molecule has 4 nitrogen and oxygen atoms in total. The third-order valence-electron chi connectivity index (χ3n) is 2.86. The van der Waals surface area contributed by atoms with Gasteiger partial charge in [-0.2, -0.15) is 0 Å². The topological polar surface area (TPSA) is 69.4 Å². The standard InChI is InChI=1S/C13H21NO3S/c1-3-11-5-7-13(8-6-11)17-9-12(4-2)10-18(14,15)16/h5-8,12H,3-4,9-10H2,1-2H3,(H2,14,15,16). The van der Waals surface area contributed by atoms with Gasteiger partial charge in [0.25, 0.3) is 0 Å². The van der Waals surface area contributed by atoms with Crippen LogP contribution in [0.1, 0.15) is 25.8 Å². The minimum absolute atomic E-state index is 0.0312. The minimum atomic E-state index is -3.43. The van der Waals surface area contributed by atoms with Crippen LogP contribution in [0.4, 0.5) is 0 Å². The average molecular weight is 271 g/mol. The van der Waals surface area contributed by atoms with E-state index in [4.69, 9.17) is 9.88 Å². The fourth-order valence-corrected chi connectivity index (χ4v) is 2.64. The van der Waals surface area contributed by atoms with Crippen LogP contribution in [0.5, 0.6) is 5.75 Å². The van der Waals surface area contributed by atoms with Gasteiger partial charge in [-0.1, -0.05) is 26.0 Å². The molecule has 0 aliphatic rings. The number of aryl methyl sites for hydroxylation is 1. The van der Waals surface area contributed by atoms with Gasteiger partial charge in [-0.25, -0.2) is 13.6 Å². The molecule has 0 aliphatic heterocycles. The zero-order valence-electron chi connectivity index (χ0n) is 10.9. The van der Waals surface area contributed by atoms with Crippen LogP contribution in [-0.4, -0.2) is 20.8 Å². The van der Waals surface area contributed by atoms with Gasteiger partial charge in [0.15, 0.2) is 0 Å². The van der Waals surface area contributed by atoms with Gasteiger partial charge in [-0.15, -0.1) is 0 Å². The third kappa shape index (κ3) is 5.51. The Bertz CT molecular complexity index is 454. The van der Waals surface area contributed by atoms with Crippen molar-refractivity contribution in [2.45, 2.75) is 26.7 Å². The molecule has 1 aromatic rings. The molecule has 102 valence electrons. The fraction of sp³-hybridized carbons (Fsp3) is 0.538. The molecule has 0 heterocycles. The van der Waals surface area contributed by atoms with Crippen molar-refractivity contribution in [2.75, 3.05) is 12.4 Å². The molecule has 18 heavy (non-hydrogen) atoms. The van der Waals surface area contributed by atoms with E-state index in [2.05, 4.69) is 6.92 Å². The van der Waals surface area contributed by atoms with Crippen molar-refractivity contribution >= 4 is 10.0 Å². The number of sulfonamides is 1. The summed E-state index contributed by atoms with van der Waals surface area (Å²) in [5.74, 6) is 0.669. The Kier molecular flexibility index (Phi) is 5.62. The summed E-state index contributed by atoms with van der Waals surface area (Å²) in [5.41, 5.74) is 1.25. The highest BCUT2D eigenvalue weighted by Gasteiger charge is 2.14. The molecule has 0 saturated heterocycles. The van der Waals surface area contributed by atoms with Crippen LogP contribution in [0.15, 0.2) is 24.3 Å². The number of rotatable bonds is 7. The van der Waals surface area contributed by atoms with E-state index in [1.807, 2.05) is 31.2 Å². The molecule has 1 aromatic carbocycles. The highest BCUT2D eigenvalue weighted by molar-refractivity contribution is 7.89. The molecule has 0 fully saturated rings. The molecule has 0 amide bonds. The number of benzene rings is 1. The normalized spacial score (nSPS) is 13.3. The number of nitrogens with two attached hydrogens (primary N) is 1. The van der Waals surface area contributed by atoms with Gasteiger partial charge < -0.3 is 4.74 Å². The first-order chi connectivity index (χ1) is 8.44. The van der Waals surface area contributed by atoms with E-state index in [-0.39, 0.29) is 11.7 Å². The lowest BCUT2D eigenvalue weighted by atomic mass is 10.1. The Balaban J connectivity index is 2.51. The second kappa shape index (κ2) is 6.75. The summed E-state index contributed by atoms with van der Waals surface area (Å²) in [7, 11) is -3.43. The molecule has 0 spiro atoms. The molecule has 0 bridgehead atoms. The van der Waals surface area contributed by atoms with Gasteiger partial charge in [0.05, 0.1) is 12.4 Å². The smallest absolute Gasteiger partial charge is 0.209 e. The van der Waals surface area contributed by atoms with Crippen molar-refractivity contribution in [1.82, 2.24) is 0 Å². The Morgan fingerprint density at radius 1 is 1.22 bits per heavy atom. The lowest BCUT2D eigenvalue weighted by Crippen LogP contribution is -2.26. The fourth-order valence-electron chi connectivity index (χ4n) is 1.65. The maximum Gasteiger partial charge on any atom is 0.209 e. The summed E-state index contributed by atoms with van der Waals surface area (Å²) in [6.07, 6.45) is 1.72. The van der Waals surface area contributed by atoms with Gasteiger partial charge in [-0.3, -0.25) is 0 Å². The van der Waals surface area contributed by atoms with E-state index in [0.29, 0.717) is 6.61 Å². The SMILES string of the molecule is CCc1ccc(OCC(CC)CS(N)(=O)=O)cc1. The van der Waals surface area contributed by atoms with Crippen LogP contribution < -0.4 is 9.88 Å². The zero-order chi connectivity index (χ0) is 13.6.